The average Bonchev–Trinajstić information content (AvgIpc) is 2.92. The predicted molar refractivity (Wildman–Crippen MR) is 150 cm³/mol. The number of hydrogen-bond donors (Lipinski definition) is 2. The summed E-state index contributed by atoms with van der Waals surface area (Å²) in [6.45, 7) is 7.36. The van der Waals surface area contributed by atoms with Gasteiger partial charge in [-0.15, -0.1) is 0 Å². The summed E-state index contributed by atoms with van der Waals surface area (Å²) in [6.07, 6.45) is 14.1. The van der Waals surface area contributed by atoms with E-state index in [0.717, 1.165) is 55.4 Å². The van der Waals surface area contributed by atoms with E-state index in [-0.39, 0.29) is 5.41 Å². The fraction of sp³-hybridized carbons (Fsp3) is 0.636. The van der Waals surface area contributed by atoms with Crippen molar-refractivity contribution in [1.29, 1.82) is 0 Å². The Morgan fingerprint density at radius 1 is 0.917 bits per heavy atom. The summed E-state index contributed by atoms with van der Waals surface area (Å²) in [7, 11) is 0. The van der Waals surface area contributed by atoms with E-state index in [2.05, 4.69) is 51.1 Å². The molecule has 3 nitrogen and oxygen atoms in total. The Morgan fingerprint density at radius 2 is 1.64 bits per heavy atom. The van der Waals surface area contributed by atoms with Gasteiger partial charge in [-0.1, -0.05) is 108 Å². The van der Waals surface area contributed by atoms with Gasteiger partial charge in [0.2, 0.25) is 0 Å². The Labute approximate surface area is 220 Å². The number of rotatable bonds is 15. The molecule has 36 heavy (non-hydrogen) atoms. The van der Waals surface area contributed by atoms with Crippen LogP contribution in [0.25, 0.3) is 0 Å². The lowest BCUT2D eigenvalue weighted by Gasteiger charge is -2.34. The van der Waals surface area contributed by atoms with Crippen molar-refractivity contribution in [3.05, 3.63) is 65.2 Å². The summed E-state index contributed by atoms with van der Waals surface area (Å²) in [6, 6.07) is 16.8. The molecule has 0 unspecified atom stereocenters. The molecule has 1 saturated carbocycles. The second-order valence-corrected chi connectivity index (χ2v) is 11.2. The van der Waals surface area contributed by atoms with Gasteiger partial charge in [0, 0.05) is 5.56 Å². The highest BCUT2D eigenvalue weighted by molar-refractivity contribution is 5.42. The Kier molecular flexibility index (Phi) is 11.3. The van der Waals surface area contributed by atoms with E-state index in [4.69, 9.17) is 4.74 Å². The van der Waals surface area contributed by atoms with Gasteiger partial charge in [0.05, 0.1) is 11.7 Å². The van der Waals surface area contributed by atoms with Crippen LogP contribution in [0.2, 0.25) is 0 Å². The monoisotopic (exact) mass is 494 g/mol. The summed E-state index contributed by atoms with van der Waals surface area (Å²) < 4.78 is 6.41. The second-order valence-electron chi connectivity index (χ2n) is 11.2. The molecule has 0 bridgehead atoms. The molecule has 3 rings (SSSR count). The summed E-state index contributed by atoms with van der Waals surface area (Å²) in [5, 5.41) is 22.2. The number of aliphatic hydroxyl groups excluding tert-OH is 1. The van der Waals surface area contributed by atoms with Crippen LogP contribution in [-0.2, 0) is 12.0 Å². The standard InChI is InChI=1S/C33H50O3/c1-4-7-8-13-21-32(5-2,6-3)28-18-19-29(30(34)20-24-33(35)22-14-10-15-23-33)31(25-28)36-26-27-16-11-9-12-17-27/h9,11-12,16-19,25,30,34-35H,4-8,10,13-15,20-24,26H2,1-3H3/t30-/m1/s1. The molecule has 0 amide bonds. The van der Waals surface area contributed by atoms with E-state index >= 15 is 0 Å². The van der Waals surface area contributed by atoms with Crippen LogP contribution in [0.1, 0.15) is 133 Å². The van der Waals surface area contributed by atoms with Crippen LogP contribution in [0.5, 0.6) is 5.75 Å². The predicted octanol–water partition coefficient (Wildman–Crippen LogP) is 8.80. The van der Waals surface area contributed by atoms with Crippen LogP contribution in [0, 0.1) is 0 Å². The molecule has 200 valence electrons. The van der Waals surface area contributed by atoms with E-state index in [1.54, 1.807) is 0 Å². The fourth-order valence-electron chi connectivity index (χ4n) is 6.07. The summed E-state index contributed by atoms with van der Waals surface area (Å²) in [5.74, 6) is 0.791. The molecule has 2 aromatic rings. The first kappa shape index (κ1) is 28.7. The molecule has 0 radical (unpaired) electrons. The molecule has 1 atom stereocenters. The molecular formula is C33H50O3. The van der Waals surface area contributed by atoms with Gasteiger partial charge >= 0.3 is 0 Å². The Hall–Kier alpha value is -1.84. The summed E-state index contributed by atoms with van der Waals surface area (Å²) in [5.41, 5.74) is 2.81. The Bertz CT molecular complexity index is 881. The van der Waals surface area contributed by atoms with Gasteiger partial charge in [0.1, 0.15) is 12.4 Å². The maximum absolute atomic E-state index is 11.3. The van der Waals surface area contributed by atoms with Crippen molar-refractivity contribution in [2.75, 3.05) is 0 Å². The van der Waals surface area contributed by atoms with E-state index in [1.165, 1.54) is 44.1 Å². The van der Waals surface area contributed by atoms with E-state index in [0.29, 0.717) is 19.4 Å². The minimum absolute atomic E-state index is 0.138. The largest absolute Gasteiger partial charge is 0.489 e. The molecule has 0 spiro atoms. The first-order chi connectivity index (χ1) is 17.4. The molecule has 0 saturated heterocycles. The van der Waals surface area contributed by atoms with E-state index in [9.17, 15) is 10.2 Å². The second kappa shape index (κ2) is 14.2. The smallest absolute Gasteiger partial charge is 0.125 e. The topological polar surface area (TPSA) is 49.7 Å². The number of hydrogen-bond acceptors (Lipinski definition) is 3. The number of unbranched alkanes of at least 4 members (excludes halogenated alkanes) is 3. The Balaban J connectivity index is 1.83. The zero-order chi connectivity index (χ0) is 25.9. The van der Waals surface area contributed by atoms with E-state index in [1.807, 2.05) is 18.2 Å². The molecule has 3 heteroatoms. The van der Waals surface area contributed by atoms with Crippen molar-refractivity contribution < 1.29 is 14.9 Å². The lowest BCUT2D eigenvalue weighted by Crippen LogP contribution is -2.31. The van der Waals surface area contributed by atoms with E-state index < -0.39 is 11.7 Å². The summed E-state index contributed by atoms with van der Waals surface area (Å²) in [4.78, 5) is 0. The first-order valence-corrected chi connectivity index (χ1v) is 14.7. The number of benzene rings is 2. The van der Waals surface area contributed by atoms with Gasteiger partial charge in [0.25, 0.3) is 0 Å². The van der Waals surface area contributed by atoms with Gasteiger partial charge in [-0.2, -0.15) is 0 Å². The van der Waals surface area contributed by atoms with Crippen LogP contribution in [0.3, 0.4) is 0 Å². The van der Waals surface area contributed by atoms with Crippen molar-refractivity contribution in [1.82, 2.24) is 0 Å². The highest BCUT2D eigenvalue weighted by Crippen LogP contribution is 2.42. The van der Waals surface area contributed by atoms with Gasteiger partial charge in [-0.3, -0.25) is 0 Å². The zero-order valence-electron chi connectivity index (χ0n) is 23.1. The van der Waals surface area contributed by atoms with Crippen molar-refractivity contribution in [3.63, 3.8) is 0 Å². The average molecular weight is 495 g/mol. The highest BCUT2D eigenvalue weighted by Gasteiger charge is 2.32. The number of ether oxygens (including phenoxy) is 1. The van der Waals surface area contributed by atoms with Gasteiger partial charge in [-0.05, 0) is 67.6 Å². The zero-order valence-corrected chi connectivity index (χ0v) is 23.1. The quantitative estimate of drug-likeness (QED) is 0.243. The third-order valence-corrected chi connectivity index (χ3v) is 8.75. The molecule has 1 fully saturated rings. The number of aliphatic hydroxyl groups is 2. The molecule has 1 aliphatic rings. The van der Waals surface area contributed by atoms with Crippen LogP contribution < -0.4 is 4.74 Å². The minimum Gasteiger partial charge on any atom is -0.489 e. The summed E-state index contributed by atoms with van der Waals surface area (Å²) >= 11 is 0. The minimum atomic E-state index is -0.641. The molecule has 1 aliphatic carbocycles. The molecular weight excluding hydrogens is 444 g/mol. The van der Waals surface area contributed by atoms with Crippen molar-refractivity contribution in [2.45, 2.75) is 134 Å². The SMILES string of the molecule is CCCCCCC(CC)(CC)c1ccc([C@H](O)CCC2(O)CCCCC2)c(OCc2ccccc2)c1. The van der Waals surface area contributed by atoms with Gasteiger partial charge in [0.15, 0.2) is 0 Å². The van der Waals surface area contributed by atoms with Crippen LogP contribution in [0.4, 0.5) is 0 Å². The third-order valence-electron chi connectivity index (χ3n) is 8.75. The molecule has 0 aromatic heterocycles. The molecule has 0 aliphatic heterocycles. The van der Waals surface area contributed by atoms with Crippen molar-refractivity contribution in [2.24, 2.45) is 0 Å². The van der Waals surface area contributed by atoms with Crippen LogP contribution in [-0.4, -0.2) is 15.8 Å². The lowest BCUT2D eigenvalue weighted by atomic mass is 9.72. The first-order valence-electron chi connectivity index (χ1n) is 14.7. The van der Waals surface area contributed by atoms with Gasteiger partial charge in [-0.25, -0.2) is 0 Å². The van der Waals surface area contributed by atoms with Gasteiger partial charge < -0.3 is 14.9 Å². The molecule has 0 heterocycles. The fourth-order valence-corrected chi connectivity index (χ4v) is 6.07. The van der Waals surface area contributed by atoms with Crippen molar-refractivity contribution >= 4 is 0 Å². The normalized spacial score (nSPS) is 16.6. The highest BCUT2D eigenvalue weighted by atomic mass is 16.5. The Morgan fingerprint density at radius 3 is 2.31 bits per heavy atom. The third kappa shape index (κ3) is 7.83. The maximum atomic E-state index is 11.3. The lowest BCUT2D eigenvalue weighted by molar-refractivity contribution is -0.0160. The molecule has 2 aromatic carbocycles. The van der Waals surface area contributed by atoms with Crippen molar-refractivity contribution in [3.8, 4) is 5.75 Å². The maximum Gasteiger partial charge on any atom is 0.125 e. The molecule has 2 N–H and O–H groups in total. The van der Waals surface area contributed by atoms with Crippen LogP contribution in [0.15, 0.2) is 48.5 Å². The van der Waals surface area contributed by atoms with Crippen LogP contribution >= 0.6 is 0 Å².